The molecular weight excluding hydrogens is 252 g/mol. The largest absolute Gasteiger partial charge is 0.440 e. The maximum absolute atomic E-state index is 5.87. The second kappa shape index (κ2) is 4.76. The predicted octanol–water partition coefficient (Wildman–Crippen LogP) is 2.54. The molecule has 20 heavy (non-hydrogen) atoms. The van der Waals surface area contributed by atoms with Gasteiger partial charge in [0, 0.05) is 24.9 Å². The highest BCUT2D eigenvalue weighted by Gasteiger charge is 2.28. The summed E-state index contributed by atoms with van der Waals surface area (Å²) in [7, 11) is 0. The number of hydrogen-bond donors (Lipinski definition) is 1. The van der Waals surface area contributed by atoms with Crippen molar-refractivity contribution in [2.45, 2.75) is 18.9 Å². The van der Waals surface area contributed by atoms with Crippen molar-refractivity contribution in [3.63, 3.8) is 0 Å². The predicted molar refractivity (Wildman–Crippen MR) is 75.2 cm³/mol. The van der Waals surface area contributed by atoms with Crippen LogP contribution in [0.3, 0.4) is 0 Å². The molecule has 0 amide bonds. The van der Waals surface area contributed by atoms with Gasteiger partial charge >= 0.3 is 0 Å². The zero-order valence-corrected chi connectivity index (χ0v) is 11.1. The van der Waals surface area contributed by atoms with Gasteiger partial charge in [0.15, 0.2) is 11.5 Å². The van der Waals surface area contributed by atoms with E-state index >= 15 is 0 Å². The lowest BCUT2D eigenvalue weighted by molar-refractivity contribution is 0.313. The van der Waals surface area contributed by atoms with Gasteiger partial charge in [0.25, 0.3) is 0 Å². The number of benzene rings is 1. The number of aromatic amines is 1. The first-order chi connectivity index (χ1) is 9.88. The van der Waals surface area contributed by atoms with Crippen LogP contribution in [0.2, 0.25) is 0 Å². The highest BCUT2D eigenvalue weighted by molar-refractivity contribution is 5.72. The van der Waals surface area contributed by atoms with E-state index in [1.165, 1.54) is 0 Å². The minimum absolute atomic E-state index is 0.386. The van der Waals surface area contributed by atoms with Crippen LogP contribution in [0, 0.1) is 0 Å². The van der Waals surface area contributed by atoms with Crippen molar-refractivity contribution < 1.29 is 4.42 Å². The number of fused-ring (bicyclic) bond motifs is 1. The van der Waals surface area contributed by atoms with Crippen molar-refractivity contribution in [1.29, 1.82) is 0 Å². The summed E-state index contributed by atoms with van der Waals surface area (Å²) in [5.41, 5.74) is 1.83. The van der Waals surface area contributed by atoms with Crippen molar-refractivity contribution in [3.05, 3.63) is 48.4 Å². The molecule has 1 aliphatic rings. The van der Waals surface area contributed by atoms with Crippen LogP contribution in [0.4, 0.5) is 0 Å². The van der Waals surface area contributed by atoms with E-state index in [9.17, 15) is 0 Å². The first-order valence-electron chi connectivity index (χ1n) is 6.94. The second-order valence-corrected chi connectivity index (χ2v) is 5.28. The Hall–Kier alpha value is -2.14. The molecule has 0 aliphatic carbocycles. The number of oxazole rings is 1. The van der Waals surface area contributed by atoms with Gasteiger partial charge in [-0.2, -0.15) is 0 Å². The van der Waals surface area contributed by atoms with Crippen LogP contribution >= 0.6 is 0 Å². The fourth-order valence-electron chi connectivity index (χ4n) is 2.84. The highest BCUT2D eigenvalue weighted by atomic mass is 16.3. The zero-order valence-electron chi connectivity index (χ0n) is 11.1. The Balaban J connectivity index is 1.50. The number of aromatic nitrogens is 3. The fraction of sp³-hybridized carbons (Fsp3) is 0.333. The molecule has 0 spiro atoms. The summed E-state index contributed by atoms with van der Waals surface area (Å²) >= 11 is 0. The maximum atomic E-state index is 5.87. The van der Waals surface area contributed by atoms with E-state index in [1.54, 1.807) is 6.20 Å². The SMILES string of the molecule is c1ccc2oc(C3CCN(Cc4ncc[nH]4)C3)nc2c1. The number of likely N-dealkylation sites (tertiary alicyclic amines) is 1. The summed E-state index contributed by atoms with van der Waals surface area (Å²) in [5, 5.41) is 0. The van der Waals surface area contributed by atoms with Gasteiger partial charge < -0.3 is 9.40 Å². The van der Waals surface area contributed by atoms with Crippen LogP contribution in [0.25, 0.3) is 11.1 Å². The molecule has 1 unspecified atom stereocenters. The van der Waals surface area contributed by atoms with E-state index < -0.39 is 0 Å². The molecule has 3 heterocycles. The Kier molecular flexibility index (Phi) is 2.77. The van der Waals surface area contributed by atoms with Gasteiger partial charge in [0.2, 0.25) is 0 Å². The lowest BCUT2D eigenvalue weighted by Gasteiger charge is -2.12. The Morgan fingerprint density at radius 1 is 1.35 bits per heavy atom. The summed E-state index contributed by atoms with van der Waals surface area (Å²) in [6.45, 7) is 2.90. The van der Waals surface area contributed by atoms with Gasteiger partial charge in [0.05, 0.1) is 6.54 Å². The first kappa shape index (κ1) is 11.7. The lowest BCUT2D eigenvalue weighted by atomic mass is 10.1. The molecular formula is C15H16N4O. The Labute approximate surface area is 116 Å². The van der Waals surface area contributed by atoms with Gasteiger partial charge in [-0.1, -0.05) is 12.1 Å². The number of imidazole rings is 1. The number of hydrogen-bond acceptors (Lipinski definition) is 4. The molecule has 4 rings (SSSR count). The van der Waals surface area contributed by atoms with Crippen molar-refractivity contribution >= 4 is 11.1 Å². The molecule has 1 N–H and O–H groups in total. The number of para-hydroxylation sites is 2. The molecule has 1 saturated heterocycles. The van der Waals surface area contributed by atoms with Crippen LogP contribution in [0.15, 0.2) is 41.1 Å². The Bertz CT molecular complexity index is 671. The number of nitrogens with zero attached hydrogens (tertiary/aromatic N) is 3. The average molecular weight is 268 g/mol. The van der Waals surface area contributed by atoms with Gasteiger partial charge in [-0.05, 0) is 25.1 Å². The minimum Gasteiger partial charge on any atom is -0.440 e. The number of nitrogens with one attached hydrogen (secondary N) is 1. The summed E-state index contributed by atoms with van der Waals surface area (Å²) < 4.78 is 5.87. The quantitative estimate of drug-likeness (QED) is 0.793. The molecule has 0 saturated carbocycles. The Morgan fingerprint density at radius 3 is 3.15 bits per heavy atom. The number of rotatable bonds is 3. The van der Waals surface area contributed by atoms with Gasteiger partial charge in [-0.15, -0.1) is 0 Å². The van der Waals surface area contributed by atoms with E-state index in [0.717, 1.165) is 48.9 Å². The molecule has 3 aromatic rings. The molecule has 1 aliphatic heterocycles. The van der Waals surface area contributed by atoms with Crippen LogP contribution in [-0.4, -0.2) is 32.9 Å². The third-order valence-corrected chi connectivity index (χ3v) is 3.86. The van der Waals surface area contributed by atoms with Crippen molar-refractivity contribution in [1.82, 2.24) is 19.9 Å². The molecule has 1 aromatic carbocycles. The minimum atomic E-state index is 0.386. The first-order valence-corrected chi connectivity index (χ1v) is 6.94. The average Bonchev–Trinajstić information content (AvgIpc) is 3.18. The topological polar surface area (TPSA) is 58.0 Å². The standard InChI is InChI=1S/C15H16N4O/c1-2-4-13-12(3-1)18-15(20-13)11-5-8-19(9-11)10-14-16-6-7-17-14/h1-4,6-7,11H,5,8-10H2,(H,16,17). The smallest absolute Gasteiger partial charge is 0.199 e. The third kappa shape index (κ3) is 2.10. The summed E-state index contributed by atoms with van der Waals surface area (Å²) in [4.78, 5) is 14.4. The molecule has 1 atom stereocenters. The molecule has 102 valence electrons. The number of H-pyrrole nitrogens is 1. The zero-order chi connectivity index (χ0) is 13.4. The summed E-state index contributed by atoms with van der Waals surface area (Å²) in [6.07, 6.45) is 4.75. The molecule has 2 aromatic heterocycles. The van der Waals surface area contributed by atoms with Gasteiger partial charge in [-0.3, -0.25) is 4.90 Å². The monoisotopic (exact) mass is 268 g/mol. The molecule has 1 fully saturated rings. The van der Waals surface area contributed by atoms with E-state index in [-0.39, 0.29) is 0 Å². The third-order valence-electron chi connectivity index (χ3n) is 3.86. The van der Waals surface area contributed by atoms with Gasteiger partial charge in [-0.25, -0.2) is 9.97 Å². The van der Waals surface area contributed by atoms with E-state index in [2.05, 4.69) is 19.9 Å². The van der Waals surface area contributed by atoms with E-state index in [1.807, 2.05) is 30.5 Å². The second-order valence-electron chi connectivity index (χ2n) is 5.28. The molecule has 0 radical (unpaired) electrons. The van der Waals surface area contributed by atoms with Crippen molar-refractivity contribution in [2.75, 3.05) is 13.1 Å². The van der Waals surface area contributed by atoms with Gasteiger partial charge in [0.1, 0.15) is 11.3 Å². The molecule has 0 bridgehead atoms. The van der Waals surface area contributed by atoms with Crippen LogP contribution in [0.5, 0.6) is 0 Å². The van der Waals surface area contributed by atoms with Crippen LogP contribution < -0.4 is 0 Å². The summed E-state index contributed by atoms with van der Waals surface area (Å²) in [5.74, 6) is 2.27. The molecule has 5 heteroatoms. The van der Waals surface area contributed by atoms with Crippen molar-refractivity contribution in [2.24, 2.45) is 0 Å². The Morgan fingerprint density at radius 2 is 2.30 bits per heavy atom. The van der Waals surface area contributed by atoms with Crippen LogP contribution in [0.1, 0.15) is 24.1 Å². The molecule has 5 nitrogen and oxygen atoms in total. The van der Waals surface area contributed by atoms with Crippen LogP contribution in [-0.2, 0) is 6.54 Å². The van der Waals surface area contributed by atoms with E-state index in [4.69, 9.17) is 4.42 Å². The van der Waals surface area contributed by atoms with Crippen molar-refractivity contribution in [3.8, 4) is 0 Å². The highest BCUT2D eigenvalue weighted by Crippen LogP contribution is 2.29. The normalized spacial score (nSPS) is 19.9. The fourth-order valence-corrected chi connectivity index (χ4v) is 2.84. The lowest BCUT2D eigenvalue weighted by Crippen LogP contribution is -2.20. The van der Waals surface area contributed by atoms with E-state index in [0.29, 0.717) is 5.92 Å². The summed E-state index contributed by atoms with van der Waals surface area (Å²) in [6, 6.07) is 7.95. The maximum Gasteiger partial charge on any atom is 0.199 e.